The molecule has 6 rings (SSSR count). The monoisotopic (exact) mass is 541 g/mol. The molecule has 0 saturated carbocycles. The summed E-state index contributed by atoms with van der Waals surface area (Å²) in [7, 11) is 0. The molecule has 0 aliphatic carbocycles. The minimum absolute atomic E-state index is 0.345. The van der Waals surface area contributed by atoms with E-state index in [-0.39, 0.29) is 6.03 Å². The van der Waals surface area contributed by atoms with Crippen LogP contribution in [0.5, 0.6) is 0 Å². The van der Waals surface area contributed by atoms with Gasteiger partial charge in [-0.15, -0.1) is 0 Å². The third kappa shape index (κ3) is 5.50. The predicted molar refractivity (Wildman–Crippen MR) is 159 cm³/mol. The van der Waals surface area contributed by atoms with Crippen LogP contribution in [0, 0.1) is 6.92 Å². The van der Waals surface area contributed by atoms with Gasteiger partial charge in [-0.05, 0) is 49.2 Å². The van der Waals surface area contributed by atoms with E-state index in [1.807, 2.05) is 48.7 Å². The lowest BCUT2D eigenvalue weighted by Crippen LogP contribution is -2.47. The smallest absolute Gasteiger partial charge is 0.324 e. The number of piperazine rings is 1. The molecule has 0 radical (unpaired) electrons. The number of hydrogen-bond acceptors (Lipinski definition) is 8. The van der Waals surface area contributed by atoms with Gasteiger partial charge in [-0.2, -0.15) is 9.97 Å². The van der Waals surface area contributed by atoms with E-state index < -0.39 is 0 Å². The number of morpholine rings is 1. The van der Waals surface area contributed by atoms with Crippen molar-refractivity contribution < 1.29 is 9.53 Å². The number of anilines is 5. The highest BCUT2D eigenvalue weighted by Gasteiger charge is 2.23. The fourth-order valence-corrected chi connectivity index (χ4v) is 5.45. The maximum Gasteiger partial charge on any atom is 0.324 e. The molecule has 2 fully saturated rings. The second kappa shape index (κ2) is 11.4. The summed E-state index contributed by atoms with van der Waals surface area (Å²) in [6.45, 7) is 10.1. The number of aryl methyl sites for hydroxylation is 2. The largest absolute Gasteiger partial charge is 0.378 e. The van der Waals surface area contributed by atoms with E-state index in [4.69, 9.17) is 14.7 Å². The van der Waals surface area contributed by atoms with Gasteiger partial charge in [-0.3, -0.25) is 5.32 Å². The number of aromatic nitrogens is 4. The zero-order chi connectivity index (χ0) is 27.5. The van der Waals surface area contributed by atoms with E-state index in [1.54, 1.807) is 0 Å². The van der Waals surface area contributed by atoms with Gasteiger partial charge >= 0.3 is 6.03 Å². The van der Waals surface area contributed by atoms with E-state index in [2.05, 4.69) is 49.1 Å². The number of rotatable bonds is 6. The highest BCUT2D eigenvalue weighted by Crippen LogP contribution is 2.27. The molecule has 40 heavy (non-hydrogen) atoms. The van der Waals surface area contributed by atoms with Crippen molar-refractivity contribution in [3.8, 4) is 0 Å². The molecule has 1 aromatic carbocycles. The van der Waals surface area contributed by atoms with Crippen LogP contribution in [0.15, 0.2) is 48.7 Å². The average molecular weight is 542 g/mol. The topological polar surface area (TPSA) is 115 Å². The van der Waals surface area contributed by atoms with Crippen molar-refractivity contribution in [2.75, 3.05) is 77.8 Å². The molecular formula is C29H35N9O2. The Labute approximate surface area is 233 Å². The van der Waals surface area contributed by atoms with E-state index >= 15 is 0 Å². The molecule has 0 unspecified atom stereocenters. The molecule has 3 aromatic heterocycles. The van der Waals surface area contributed by atoms with Crippen LogP contribution in [0.3, 0.4) is 0 Å². The molecule has 5 heterocycles. The van der Waals surface area contributed by atoms with Crippen molar-refractivity contribution in [2.24, 2.45) is 0 Å². The molecule has 2 aliphatic heterocycles. The number of fused-ring (bicyclic) bond motifs is 1. The summed E-state index contributed by atoms with van der Waals surface area (Å²) >= 11 is 0. The second-order valence-corrected chi connectivity index (χ2v) is 10.1. The second-order valence-electron chi connectivity index (χ2n) is 10.1. The van der Waals surface area contributed by atoms with Gasteiger partial charge in [0.15, 0.2) is 0 Å². The van der Waals surface area contributed by atoms with E-state index in [9.17, 15) is 4.79 Å². The van der Waals surface area contributed by atoms with Crippen LogP contribution in [0.2, 0.25) is 0 Å². The van der Waals surface area contributed by atoms with E-state index in [0.717, 1.165) is 66.5 Å². The summed E-state index contributed by atoms with van der Waals surface area (Å²) in [6, 6.07) is 13.4. The molecule has 11 heteroatoms. The number of benzene rings is 1. The molecule has 208 valence electrons. The standard InChI is InChI=1S/C29H35N9O2/c1-3-22-20(2)31-24-8-7-21(18-23(22)24)32-29(39)34-25-19-27(35-28(33-25)38-14-16-40-17-15-38)37-12-10-36(11-13-37)26-6-4-5-9-30-26/h4-9,18-19,31H,3,10-17H2,1-2H3,(H2,32,33,34,35,39). The number of carbonyl (C=O) groups is 1. The van der Waals surface area contributed by atoms with Crippen molar-refractivity contribution in [3.63, 3.8) is 0 Å². The third-order valence-electron chi connectivity index (χ3n) is 7.54. The lowest BCUT2D eigenvalue weighted by molar-refractivity contribution is 0.122. The number of aromatic amines is 1. The first-order chi connectivity index (χ1) is 19.6. The summed E-state index contributed by atoms with van der Waals surface area (Å²) in [5, 5.41) is 7.06. The molecule has 2 aliphatic rings. The maximum atomic E-state index is 13.1. The number of ether oxygens (including phenoxy) is 1. The molecule has 0 bridgehead atoms. The molecule has 4 aromatic rings. The summed E-state index contributed by atoms with van der Waals surface area (Å²) < 4.78 is 5.53. The Balaban J connectivity index is 1.20. The average Bonchev–Trinajstić information content (AvgIpc) is 3.32. The van der Waals surface area contributed by atoms with Gasteiger partial charge in [-0.1, -0.05) is 13.0 Å². The molecule has 11 nitrogen and oxygen atoms in total. The Morgan fingerprint density at radius 1 is 0.925 bits per heavy atom. The lowest BCUT2D eigenvalue weighted by atomic mass is 10.1. The predicted octanol–water partition coefficient (Wildman–Crippen LogP) is 4.03. The fourth-order valence-electron chi connectivity index (χ4n) is 5.45. The van der Waals surface area contributed by atoms with E-state index in [1.165, 1.54) is 5.56 Å². The minimum Gasteiger partial charge on any atom is -0.378 e. The zero-order valence-corrected chi connectivity index (χ0v) is 23.0. The summed E-state index contributed by atoms with van der Waals surface area (Å²) in [5.41, 5.74) is 4.22. The number of pyridine rings is 1. The van der Waals surface area contributed by atoms with Crippen LogP contribution in [-0.4, -0.2) is 78.4 Å². The Hall–Kier alpha value is -4.38. The van der Waals surface area contributed by atoms with E-state index in [0.29, 0.717) is 38.1 Å². The number of urea groups is 1. The highest BCUT2D eigenvalue weighted by atomic mass is 16.5. The van der Waals surface area contributed by atoms with Crippen LogP contribution in [0.1, 0.15) is 18.2 Å². The molecule has 2 amide bonds. The Kier molecular flexibility index (Phi) is 7.37. The van der Waals surface area contributed by atoms with Crippen LogP contribution >= 0.6 is 0 Å². The van der Waals surface area contributed by atoms with Crippen molar-refractivity contribution in [3.05, 3.63) is 59.9 Å². The Bertz CT molecular complexity index is 1480. The van der Waals surface area contributed by atoms with Gasteiger partial charge in [0, 0.05) is 73.8 Å². The van der Waals surface area contributed by atoms with Crippen molar-refractivity contribution >= 4 is 46.0 Å². The molecule has 0 atom stereocenters. The van der Waals surface area contributed by atoms with Gasteiger partial charge in [0.25, 0.3) is 0 Å². The Morgan fingerprint density at radius 3 is 2.42 bits per heavy atom. The molecular weight excluding hydrogens is 506 g/mol. The molecule has 0 spiro atoms. The van der Waals surface area contributed by atoms with Crippen molar-refractivity contribution in [1.29, 1.82) is 0 Å². The highest BCUT2D eigenvalue weighted by molar-refractivity contribution is 6.01. The first kappa shape index (κ1) is 25.9. The summed E-state index contributed by atoms with van der Waals surface area (Å²) in [5.74, 6) is 2.84. The van der Waals surface area contributed by atoms with Crippen LogP contribution in [0.4, 0.5) is 33.9 Å². The quantitative estimate of drug-likeness (QED) is 0.335. The minimum atomic E-state index is -0.345. The molecule has 2 saturated heterocycles. The third-order valence-corrected chi connectivity index (χ3v) is 7.54. The SMILES string of the molecule is CCc1c(C)[nH]c2ccc(NC(=O)Nc3cc(N4CCN(c5ccccn5)CC4)nc(N4CCOCC4)n3)cc12. The summed E-state index contributed by atoms with van der Waals surface area (Å²) in [4.78, 5) is 37.2. The maximum absolute atomic E-state index is 13.1. The first-order valence-corrected chi connectivity index (χ1v) is 13.9. The summed E-state index contributed by atoms with van der Waals surface area (Å²) in [6.07, 6.45) is 2.75. The number of amides is 2. The molecule has 3 N–H and O–H groups in total. The number of H-pyrrole nitrogens is 1. The number of carbonyl (C=O) groups excluding carboxylic acids is 1. The van der Waals surface area contributed by atoms with Gasteiger partial charge in [0.2, 0.25) is 5.95 Å². The normalized spacial score (nSPS) is 15.9. The van der Waals surface area contributed by atoms with Crippen LogP contribution < -0.4 is 25.3 Å². The number of hydrogen-bond donors (Lipinski definition) is 3. The Morgan fingerprint density at radius 2 is 1.70 bits per heavy atom. The number of nitrogens with one attached hydrogen (secondary N) is 3. The van der Waals surface area contributed by atoms with Gasteiger partial charge < -0.3 is 29.7 Å². The van der Waals surface area contributed by atoms with Crippen LogP contribution in [-0.2, 0) is 11.2 Å². The number of nitrogens with zero attached hydrogens (tertiary/aromatic N) is 6. The van der Waals surface area contributed by atoms with Gasteiger partial charge in [0.05, 0.1) is 13.2 Å². The van der Waals surface area contributed by atoms with Gasteiger partial charge in [-0.25, -0.2) is 9.78 Å². The van der Waals surface area contributed by atoms with Crippen molar-refractivity contribution in [2.45, 2.75) is 20.3 Å². The van der Waals surface area contributed by atoms with Gasteiger partial charge in [0.1, 0.15) is 17.5 Å². The first-order valence-electron chi connectivity index (χ1n) is 13.9. The lowest BCUT2D eigenvalue weighted by Gasteiger charge is -2.36. The zero-order valence-electron chi connectivity index (χ0n) is 23.0. The van der Waals surface area contributed by atoms with Crippen molar-refractivity contribution in [1.82, 2.24) is 19.9 Å². The van der Waals surface area contributed by atoms with Crippen LogP contribution in [0.25, 0.3) is 10.9 Å². The fraction of sp³-hybridized carbons (Fsp3) is 0.379.